The van der Waals surface area contributed by atoms with Crippen molar-refractivity contribution < 1.29 is 9.72 Å². The highest BCUT2D eigenvalue weighted by molar-refractivity contribution is 7.09. The highest BCUT2D eigenvalue weighted by atomic mass is 35.5. The van der Waals surface area contributed by atoms with Gasteiger partial charge in [-0.3, -0.25) is 14.9 Å². The molecule has 0 saturated carbocycles. The number of non-ortho nitro benzene ring substituents is 1. The summed E-state index contributed by atoms with van der Waals surface area (Å²) in [6.45, 7) is 2.05. The number of thiazole rings is 1. The molecule has 0 radical (unpaired) electrons. The molecular formula is C19H16ClN3O3S. The Kier molecular flexibility index (Phi) is 5.53. The first-order valence-corrected chi connectivity index (χ1v) is 9.39. The van der Waals surface area contributed by atoms with Crippen LogP contribution in [0.4, 0.5) is 5.69 Å². The molecule has 138 valence electrons. The second kappa shape index (κ2) is 7.85. The summed E-state index contributed by atoms with van der Waals surface area (Å²) in [5.41, 5.74) is 2.03. The largest absolute Gasteiger partial charge is 0.319 e. The highest BCUT2D eigenvalue weighted by Crippen LogP contribution is 2.26. The van der Waals surface area contributed by atoms with E-state index in [0.29, 0.717) is 4.80 Å². The zero-order valence-electron chi connectivity index (χ0n) is 14.7. The van der Waals surface area contributed by atoms with Crippen LogP contribution in [0.1, 0.15) is 22.2 Å². The molecule has 3 aromatic rings. The van der Waals surface area contributed by atoms with Crippen LogP contribution in [0.3, 0.4) is 0 Å². The molecule has 0 atom stereocenters. The molecule has 3 rings (SSSR count). The SMILES string of the molecule is CCc1sc(=NC(=O)c2ccc([N+](=O)[O-])cc2Cl)n(C)c1-c1ccccc1. The number of carbonyl (C=O) groups excluding carboxylic acids is 1. The Hall–Kier alpha value is -2.77. The quantitative estimate of drug-likeness (QED) is 0.472. The third-order valence-corrected chi connectivity index (χ3v) is 5.65. The molecule has 0 aliphatic rings. The Morgan fingerprint density at radius 2 is 1.96 bits per heavy atom. The summed E-state index contributed by atoms with van der Waals surface area (Å²) in [6, 6.07) is 13.6. The molecule has 6 nitrogen and oxygen atoms in total. The van der Waals surface area contributed by atoms with Gasteiger partial charge in [-0.2, -0.15) is 4.99 Å². The van der Waals surface area contributed by atoms with E-state index in [4.69, 9.17) is 11.6 Å². The zero-order valence-corrected chi connectivity index (χ0v) is 16.3. The lowest BCUT2D eigenvalue weighted by molar-refractivity contribution is -0.384. The van der Waals surface area contributed by atoms with E-state index in [0.717, 1.165) is 28.6 Å². The van der Waals surface area contributed by atoms with Gasteiger partial charge < -0.3 is 4.57 Å². The molecule has 0 aliphatic carbocycles. The molecule has 27 heavy (non-hydrogen) atoms. The molecule has 1 amide bonds. The van der Waals surface area contributed by atoms with Gasteiger partial charge in [0.1, 0.15) is 0 Å². The fourth-order valence-electron chi connectivity index (χ4n) is 2.74. The van der Waals surface area contributed by atoms with E-state index in [-0.39, 0.29) is 16.3 Å². The number of amides is 1. The van der Waals surface area contributed by atoms with Gasteiger partial charge in [0.2, 0.25) is 0 Å². The minimum atomic E-state index is -0.559. The van der Waals surface area contributed by atoms with E-state index in [9.17, 15) is 14.9 Å². The highest BCUT2D eigenvalue weighted by Gasteiger charge is 2.16. The van der Waals surface area contributed by atoms with Crippen molar-refractivity contribution in [3.05, 3.63) is 78.9 Å². The van der Waals surface area contributed by atoms with Crippen molar-refractivity contribution in [1.29, 1.82) is 0 Å². The summed E-state index contributed by atoms with van der Waals surface area (Å²) in [6.07, 6.45) is 0.810. The van der Waals surface area contributed by atoms with Crippen LogP contribution in [0.2, 0.25) is 5.02 Å². The first kappa shape index (κ1) is 19.0. The summed E-state index contributed by atoms with van der Waals surface area (Å²) < 4.78 is 1.88. The van der Waals surface area contributed by atoms with Gasteiger partial charge in [-0.1, -0.05) is 48.9 Å². The van der Waals surface area contributed by atoms with Crippen LogP contribution in [0.5, 0.6) is 0 Å². The molecule has 2 aromatic carbocycles. The topological polar surface area (TPSA) is 77.5 Å². The second-order valence-electron chi connectivity index (χ2n) is 5.77. The standard InChI is InChI=1S/C19H16ClN3O3S/c1-3-16-17(12-7-5-4-6-8-12)22(2)19(27-16)21-18(24)14-10-9-13(23(25)26)11-15(14)20/h4-11H,3H2,1-2H3. The minimum absolute atomic E-state index is 0.0103. The smallest absolute Gasteiger partial charge is 0.281 e. The van der Waals surface area contributed by atoms with Gasteiger partial charge in [0, 0.05) is 24.1 Å². The van der Waals surface area contributed by atoms with Crippen LogP contribution >= 0.6 is 22.9 Å². The molecule has 0 N–H and O–H groups in total. The average Bonchev–Trinajstić information content (AvgIpc) is 2.97. The van der Waals surface area contributed by atoms with Gasteiger partial charge >= 0.3 is 0 Å². The van der Waals surface area contributed by atoms with Crippen LogP contribution < -0.4 is 4.80 Å². The number of aromatic nitrogens is 1. The van der Waals surface area contributed by atoms with Gasteiger partial charge in [0.25, 0.3) is 11.6 Å². The van der Waals surface area contributed by atoms with Crippen LogP contribution in [-0.2, 0) is 13.5 Å². The Morgan fingerprint density at radius 3 is 2.56 bits per heavy atom. The molecule has 8 heteroatoms. The Balaban J connectivity index is 2.07. The number of halogens is 1. The number of aryl methyl sites for hydroxylation is 1. The van der Waals surface area contributed by atoms with Gasteiger partial charge in [-0.05, 0) is 18.1 Å². The monoisotopic (exact) mass is 401 g/mol. The summed E-state index contributed by atoms with van der Waals surface area (Å²) in [7, 11) is 1.86. The fourth-order valence-corrected chi connectivity index (χ4v) is 4.06. The molecule has 1 aromatic heterocycles. The molecule has 0 saturated heterocycles. The summed E-state index contributed by atoms with van der Waals surface area (Å²) in [5.74, 6) is -0.533. The zero-order chi connectivity index (χ0) is 19.6. The van der Waals surface area contributed by atoms with E-state index in [2.05, 4.69) is 11.9 Å². The van der Waals surface area contributed by atoms with Gasteiger partial charge in [0.05, 0.1) is 21.2 Å². The van der Waals surface area contributed by atoms with Crippen molar-refractivity contribution in [3.63, 3.8) is 0 Å². The van der Waals surface area contributed by atoms with Crippen molar-refractivity contribution in [2.75, 3.05) is 0 Å². The van der Waals surface area contributed by atoms with Crippen molar-refractivity contribution in [3.8, 4) is 11.3 Å². The number of carbonyl (C=O) groups is 1. The Morgan fingerprint density at radius 1 is 1.26 bits per heavy atom. The number of nitro groups is 1. The van der Waals surface area contributed by atoms with E-state index >= 15 is 0 Å². The fraction of sp³-hybridized carbons (Fsp3) is 0.158. The van der Waals surface area contributed by atoms with Gasteiger partial charge in [-0.15, -0.1) is 11.3 Å². The second-order valence-corrected chi connectivity index (χ2v) is 7.24. The third-order valence-electron chi connectivity index (χ3n) is 4.06. The Labute approximate surface area is 164 Å². The maximum Gasteiger partial charge on any atom is 0.281 e. The summed E-state index contributed by atoms with van der Waals surface area (Å²) in [4.78, 5) is 28.7. The number of nitrogens with zero attached hydrogens (tertiary/aromatic N) is 3. The van der Waals surface area contributed by atoms with E-state index in [1.165, 1.54) is 23.5 Å². The summed E-state index contributed by atoms with van der Waals surface area (Å²) in [5, 5.41) is 10.8. The lowest BCUT2D eigenvalue weighted by atomic mass is 10.1. The van der Waals surface area contributed by atoms with Crippen LogP contribution in [0.15, 0.2) is 53.5 Å². The number of hydrogen-bond acceptors (Lipinski definition) is 4. The molecule has 0 fully saturated rings. The molecule has 1 heterocycles. The molecule has 0 unspecified atom stereocenters. The number of nitro benzene ring substituents is 1. The lowest BCUT2D eigenvalue weighted by Crippen LogP contribution is -2.14. The normalized spacial score (nSPS) is 11.6. The molecule has 0 aliphatic heterocycles. The van der Waals surface area contributed by atoms with Gasteiger partial charge in [0.15, 0.2) is 4.80 Å². The molecule has 0 bridgehead atoms. The van der Waals surface area contributed by atoms with Gasteiger partial charge in [-0.25, -0.2) is 0 Å². The van der Waals surface area contributed by atoms with Crippen LogP contribution in [-0.4, -0.2) is 15.4 Å². The maximum absolute atomic E-state index is 12.6. The first-order valence-electron chi connectivity index (χ1n) is 8.19. The minimum Gasteiger partial charge on any atom is -0.319 e. The number of hydrogen-bond donors (Lipinski definition) is 0. The van der Waals surface area contributed by atoms with Crippen LogP contribution in [0, 0.1) is 10.1 Å². The van der Waals surface area contributed by atoms with E-state index in [1.54, 1.807) is 0 Å². The van der Waals surface area contributed by atoms with Crippen LogP contribution in [0.25, 0.3) is 11.3 Å². The average molecular weight is 402 g/mol. The first-order chi connectivity index (χ1) is 12.9. The van der Waals surface area contributed by atoms with Crippen molar-refractivity contribution >= 4 is 34.5 Å². The molecular weight excluding hydrogens is 386 g/mol. The predicted octanol–water partition coefficient (Wildman–Crippen LogP) is 4.62. The van der Waals surface area contributed by atoms with Crippen molar-refractivity contribution in [2.24, 2.45) is 12.0 Å². The maximum atomic E-state index is 12.6. The molecule has 0 spiro atoms. The third kappa shape index (κ3) is 3.84. The van der Waals surface area contributed by atoms with Crippen molar-refractivity contribution in [2.45, 2.75) is 13.3 Å². The number of rotatable bonds is 4. The Bertz CT molecular complexity index is 1090. The predicted molar refractivity (Wildman–Crippen MR) is 106 cm³/mol. The lowest BCUT2D eigenvalue weighted by Gasteiger charge is -2.05. The number of benzene rings is 2. The summed E-state index contributed by atoms with van der Waals surface area (Å²) >= 11 is 7.49. The van der Waals surface area contributed by atoms with Crippen molar-refractivity contribution in [1.82, 2.24) is 4.57 Å². The van der Waals surface area contributed by atoms with E-state index in [1.807, 2.05) is 41.9 Å². The van der Waals surface area contributed by atoms with E-state index < -0.39 is 10.8 Å².